The topological polar surface area (TPSA) is 64.4 Å². The van der Waals surface area contributed by atoms with Gasteiger partial charge in [0.15, 0.2) is 0 Å². The van der Waals surface area contributed by atoms with Crippen molar-refractivity contribution >= 4 is 39.9 Å². The number of rotatable bonds is 7. The molecule has 3 aromatic rings. The predicted molar refractivity (Wildman–Crippen MR) is 123 cm³/mol. The largest absolute Gasteiger partial charge is 0.494 e. The van der Waals surface area contributed by atoms with Crippen LogP contribution in [-0.4, -0.2) is 54.2 Å². The predicted octanol–water partition coefficient (Wildman–Crippen LogP) is 4.53. The highest BCUT2D eigenvalue weighted by Gasteiger charge is 2.17. The van der Waals surface area contributed by atoms with E-state index < -0.39 is 0 Å². The van der Waals surface area contributed by atoms with Gasteiger partial charge >= 0.3 is 5.69 Å². The molecule has 8 heteroatoms. The minimum atomic E-state index is -0.198. The van der Waals surface area contributed by atoms with Crippen molar-refractivity contribution in [3.05, 3.63) is 56.9 Å². The van der Waals surface area contributed by atoms with Gasteiger partial charge in [-0.1, -0.05) is 29.3 Å². The Bertz CT molecular complexity index is 1050. The van der Waals surface area contributed by atoms with Crippen LogP contribution in [0, 0.1) is 0 Å². The third-order valence-corrected chi connectivity index (χ3v) is 6.29. The summed E-state index contributed by atoms with van der Waals surface area (Å²) in [5.74, 6) is 0.779. The highest BCUT2D eigenvalue weighted by molar-refractivity contribution is 6.43. The second-order valence-electron chi connectivity index (χ2n) is 7.60. The normalized spacial score (nSPS) is 15.5. The number of aromatic nitrogens is 2. The average Bonchev–Trinajstić information content (AvgIpc) is 2.94. The molecule has 1 aliphatic heterocycles. The molecule has 160 valence electrons. The van der Waals surface area contributed by atoms with Crippen LogP contribution in [0.5, 0.6) is 5.75 Å². The van der Waals surface area contributed by atoms with Crippen LogP contribution in [0.25, 0.3) is 11.0 Å². The number of hydrogen-bond acceptors (Lipinski definition) is 4. The van der Waals surface area contributed by atoms with Crippen molar-refractivity contribution in [2.45, 2.75) is 19.3 Å². The summed E-state index contributed by atoms with van der Waals surface area (Å²) in [5, 5.41) is 1.25. The number of halogens is 2. The minimum absolute atomic E-state index is 0.198. The summed E-state index contributed by atoms with van der Waals surface area (Å²) < 4.78 is 5.85. The van der Waals surface area contributed by atoms with Crippen LogP contribution < -0.4 is 15.3 Å². The van der Waals surface area contributed by atoms with E-state index in [0.29, 0.717) is 16.7 Å². The lowest BCUT2D eigenvalue weighted by atomic mass is 10.2. The summed E-state index contributed by atoms with van der Waals surface area (Å²) in [5.41, 5.74) is 2.39. The third kappa shape index (κ3) is 5.12. The SMILES string of the molecule is O=c1[nH]c2ccc(OCCCCN3CCCN(c4cccc(Cl)c4Cl)CC3)cc2[nH]1. The molecule has 4 rings (SSSR count). The number of nitrogens with one attached hydrogen (secondary N) is 2. The first-order valence-corrected chi connectivity index (χ1v) is 11.1. The Kier molecular flexibility index (Phi) is 6.87. The molecule has 2 aromatic carbocycles. The van der Waals surface area contributed by atoms with Crippen molar-refractivity contribution in [2.24, 2.45) is 0 Å². The average molecular weight is 449 g/mol. The molecule has 0 bridgehead atoms. The van der Waals surface area contributed by atoms with E-state index in [9.17, 15) is 4.79 Å². The Morgan fingerprint density at radius 3 is 2.73 bits per heavy atom. The quantitative estimate of drug-likeness (QED) is 0.520. The lowest BCUT2D eigenvalue weighted by Gasteiger charge is -2.25. The number of hydrogen-bond donors (Lipinski definition) is 2. The number of aromatic amines is 2. The zero-order valence-corrected chi connectivity index (χ0v) is 18.3. The number of benzene rings is 2. The van der Waals surface area contributed by atoms with Crippen molar-refractivity contribution in [3.63, 3.8) is 0 Å². The highest BCUT2D eigenvalue weighted by Crippen LogP contribution is 2.32. The van der Waals surface area contributed by atoms with Gasteiger partial charge in [0.2, 0.25) is 0 Å². The molecule has 0 atom stereocenters. The zero-order valence-electron chi connectivity index (χ0n) is 16.8. The molecule has 1 fully saturated rings. The fraction of sp³-hybridized carbons (Fsp3) is 0.409. The summed E-state index contributed by atoms with van der Waals surface area (Å²) in [7, 11) is 0. The van der Waals surface area contributed by atoms with Crippen LogP contribution >= 0.6 is 23.2 Å². The first-order chi connectivity index (χ1) is 14.6. The molecule has 0 saturated carbocycles. The lowest BCUT2D eigenvalue weighted by molar-refractivity contribution is 0.261. The molecule has 0 radical (unpaired) electrons. The fourth-order valence-corrected chi connectivity index (χ4v) is 4.32. The summed E-state index contributed by atoms with van der Waals surface area (Å²) in [6.45, 7) is 5.77. The van der Waals surface area contributed by atoms with Crippen LogP contribution in [-0.2, 0) is 0 Å². The number of unbranched alkanes of at least 4 members (excludes halogenated alkanes) is 1. The van der Waals surface area contributed by atoms with Crippen LogP contribution in [0.3, 0.4) is 0 Å². The lowest BCUT2D eigenvalue weighted by Crippen LogP contribution is -2.31. The molecule has 1 saturated heterocycles. The van der Waals surface area contributed by atoms with Crippen LogP contribution in [0.15, 0.2) is 41.2 Å². The monoisotopic (exact) mass is 448 g/mol. The number of anilines is 1. The van der Waals surface area contributed by atoms with Crippen molar-refractivity contribution < 1.29 is 4.74 Å². The molecule has 6 nitrogen and oxygen atoms in total. The van der Waals surface area contributed by atoms with Gasteiger partial charge < -0.3 is 24.5 Å². The maximum atomic E-state index is 11.3. The van der Waals surface area contributed by atoms with Crippen molar-refractivity contribution in [1.29, 1.82) is 0 Å². The Morgan fingerprint density at radius 1 is 0.967 bits per heavy atom. The Balaban J connectivity index is 1.20. The van der Waals surface area contributed by atoms with Gasteiger partial charge in [-0.05, 0) is 56.6 Å². The van der Waals surface area contributed by atoms with Gasteiger partial charge in [-0.3, -0.25) is 0 Å². The third-order valence-electron chi connectivity index (χ3n) is 5.49. The molecular formula is C22H26Cl2N4O2. The zero-order chi connectivity index (χ0) is 20.9. The van der Waals surface area contributed by atoms with Gasteiger partial charge in [0.1, 0.15) is 5.75 Å². The second-order valence-corrected chi connectivity index (χ2v) is 8.38. The standard InChI is InChI=1S/C22H26Cl2N4O2/c23-17-5-3-6-20(21(17)24)28-11-4-10-27(12-13-28)9-1-2-14-30-16-7-8-18-19(15-16)26-22(29)25-18/h3,5-8,15H,1-2,4,9-14H2,(H2,25,26,29). The molecule has 0 spiro atoms. The number of H-pyrrole nitrogens is 2. The number of imidazole rings is 1. The fourth-order valence-electron chi connectivity index (χ4n) is 3.90. The molecule has 0 unspecified atom stereocenters. The van der Waals surface area contributed by atoms with Crippen LogP contribution in [0.1, 0.15) is 19.3 Å². The van der Waals surface area contributed by atoms with Gasteiger partial charge in [0.25, 0.3) is 0 Å². The molecule has 0 aliphatic carbocycles. The summed E-state index contributed by atoms with van der Waals surface area (Å²) in [6.07, 6.45) is 3.18. The van der Waals surface area contributed by atoms with E-state index in [-0.39, 0.29) is 5.69 Å². The Labute approximate surface area is 185 Å². The van der Waals surface area contributed by atoms with Gasteiger partial charge in [0, 0.05) is 25.7 Å². The first-order valence-electron chi connectivity index (χ1n) is 10.4. The van der Waals surface area contributed by atoms with Crippen molar-refractivity contribution in [2.75, 3.05) is 44.2 Å². The van der Waals surface area contributed by atoms with Crippen LogP contribution in [0.4, 0.5) is 5.69 Å². The van der Waals surface area contributed by atoms with E-state index in [1.54, 1.807) is 0 Å². The molecule has 1 aliphatic rings. The van der Waals surface area contributed by atoms with Gasteiger partial charge in [-0.25, -0.2) is 4.79 Å². The molecule has 0 amide bonds. The van der Waals surface area contributed by atoms with E-state index in [4.69, 9.17) is 27.9 Å². The molecule has 2 heterocycles. The molecule has 30 heavy (non-hydrogen) atoms. The molecular weight excluding hydrogens is 423 g/mol. The Morgan fingerprint density at radius 2 is 1.83 bits per heavy atom. The van der Waals surface area contributed by atoms with Gasteiger partial charge in [-0.2, -0.15) is 0 Å². The first kappa shape index (κ1) is 21.1. The van der Waals surface area contributed by atoms with Crippen molar-refractivity contribution in [1.82, 2.24) is 14.9 Å². The van der Waals surface area contributed by atoms with E-state index in [1.807, 2.05) is 36.4 Å². The minimum Gasteiger partial charge on any atom is -0.494 e. The van der Waals surface area contributed by atoms with Gasteiger partial charge in [-0.15, -0.1) is 0 Å². The summed E-state index contributed by atoms with van der Waals surface area (Å²) in [4.78, 5) is 21.7. The van der Waals surface area contributed by atoms with E-state index >= 15 is 0 Å². The highest BCUT2D eigenvalue weighted by atomic mass is 35.5. The number of fused-ring (bicyclic) bond motifs is 1. The molecule has 2 N–H and O–H groups in total. The summed E-state index contributed by atoms with van der Waals surface area (Å²) >= 11 is 12.6. The second kappa shape index (κ2) is 9.77. The number of ether oxygens (including phenoxy) is 1. The smallest absolute Gasteiger partial charge is 0.323 e. The maximum absolute atomic E-state index is 11.3. The van der Waals surface area contributed by atoms with Crippen molar-refractivity contribution in [3.8, 4) is 5.75 Å². The number of nitrogens with zero attached hydrogens (tertiary/aromatic N) is 2. The molecule has 1 aromatic heterocycles. The Hall–Kier alpha value is -2.15. The van der Waals surface area contributed by atoms with E-state index in [2.05, 4.69) is 19.8 Å². The van der Waals surface area contributed by atoms with Gasteiger partial charge in [0.05, 0.1) is 33.4 Å². The summed E-state index contributed by atoms with van der Waals surface area (Å²) in [6, 6.07) is 11.4. The van der Waals surface area contributed by atoms with E-state index in [1.165, 1.54) is 0 Å². The van der Waals surface area contributed by atoms with Crippen LogP contribution in [0.2, 0.25) is 10.0 Å². The maximum Gasteiger partial charge on any atom is 0.323 e. The van der Waals surface area contributed by atoms with E-state index in [0.717, 1.165) is 74.5 Å².